The monoisotopic (exact) mass is 327 g/mol. The predicted molar refractivity (Wildman–Crippen MR) is 83.9 cm³/mol. The zero-order chi connectivity index (χ0) is 17.1. The van der Waals surface area contributed by atoms with Crippen LogP contribution in [0.25, 0.3) is 11.1 Å². The maximum Gasteiger partial charge on any atom is 0.223 e. The van der Waals surface area contributed by atoms with E-state index in [2.05, 4.69) is 4.98 Å². The maximum atomic E-state index is 12.7. The highest BCUT2D eigenvalue weighted by atomic mass is 16.5. The van der Waals surface area contributed by atoms with E-state index < -0.39 is 11.8 Å². The molecular weight excluding hydrogens is 310 g/mol. The molecule has 1 aliphatic heterocycles. The number of Topliss-reactive ketones (excluding diaryl/α,β-unsaturated/α-hetero) is 1. The summed E-state index contributed by atoms with van der Waals surface area (Å²) in [5.74, 6) is -1.95. The van der Waals surface area contributed by atoms with E-state index in [0.717, 1.165) is 0 Å². The Hall–Kier alpha value is -2.72. The second-order valence-electron chi connectivity index (χ2n) is 5.72. The molecule has 2 atom stereocenters. The number of carbonyl (C=O) groups is 2. The highest BCUT2D eigenvalue weighted by Crippen LogP contribution is 2.28. The van der Waals surface area contributed by atoms with Crippen molar-refractivity contribution in [2.75, 3.05) is 26.8 Å². The van der Waals surface area contributed by atoms with E-state index in [1.165, 1.54) is 0 Å². The average Bonchev–Trinajstić information content (AvgIpc) is 3.17. The fraction of sp³-hybridized carbons (Fsp3) is 0.412. The van der Waals surface area contributed by atoms with Crippen molar-refractivity contribution in [2.45, 2.75) is 12.3 Å². The largest absolute Gasteiger partial charge is 0.439 e. The summed E-state index contributed by atoms with van der Waals surface area (Å²) in [7, 11) is 1.56. The topological polar surface area (TPSA) is 96.4 Å². The Kier molecular flexibility index (Phi) is 4.58. The molecule has 0 saturated carbocycles. The van der Waals surface area contributed by atoms with Crippen LogP contribution in [0.3, 0.4) is 0 Å². The SMILES string of the molecule is COCCN1C[C@@H](C(=O)[C@H](C#N)c2nc3ccccc3o2)CC1=O. The number of nitriles is 1. The molecule has 1 aromatic heterocycles. The van der Waals surface area contributed by atoms with Gasteiger partial charge in [0.1, 0.15) is 5.52 Å². The van der Waals surface area contributed by atoms with Crippen molar-refractivity contribution in [3.05, 3.63) is 30.2 Å². The van der Waals surface area contributed by atoms with Gasteiger partial charge in [0.15, 0.2) is 17.3 Å². The van der Waals surface area contributed by atoms with Crippen LogP contribution < -0.4 is 0 Å². The van der Waals surface area contributed by atoms with Crippen LogP contribution in [0.4, 0.5) is 0 Å². The van der Waals surface area contributed by atoms with Gasteiger partial charge in [-0.2, -0.15) is 5.26 Å². The summed E-state index contributed by atoms with van der Waals surface area (Å²) >= 11 is 0. The van der Waals surface area contributed by atoms with Gasteiger partial charge in [0.2, 0.25) is 11.8 Å². The summed E-state index contributed by atoms with van der Waals surface area (Å²) in [4.78, 5) is 30.5. The number of benzene rings is 1. The van der Waals surface area contributed by atoms with Crippen molar-refractivity contribution >= 4 is 22.8 Å². The standard InChI is InChI=1S/C17H17N3O4/c1-23-7-6-20-10-11(8-15(20)21)16(22)12(9-18)17-19-13-4-2-3-5-14(13)24-17/h2-5,11-12H,6-8,10H2,1H3/t11-,12-/m0/s1. The van der Waals surface area contributed by atoms with E-state index in [1.54, 1.807) is 36.3 Å². The van der Waals surface area contributed by atoms with Gasteiger partial charge in [0, 0.05) is 32.5 Å². The number of para-hydroxylation sites is 2. The molecule has 3 rings (SSSR count). The second-order valence-corrected chi connectivity index (χ2v) is 5.72. The molecule has 0 radical (unpaired) electrons. The number of rotatable bonds is 6. The number of methoxy groups -OCH3 is 1. The number of likely N-dealkylation sites (tertiary alicyclic amines) is 1. The van der Waals surface area contributed by atoms with Gasteiger partial charge in [-0.05, 0) is 12.1 Å². The van der Waals surface area contributed by atoms with E-state index in [0.29, 0.717) is 30.8 Å². The van der Waals surface area contributed by atoms with E-state index in [1.807, 2.05) is 6.07 Å². The number of carbonyl (C=O) groups excluding carboxylic acids is 2. The van der Waals surface area contributed by atoms with Crippen molar-refractivity contribution in [3.63, 3.8) is 0 Å². The first kappa shape index (κ1) is 16.1. The molecule has 1 fully saturated rings. The zero-order valence-electron chi connectivity index (χ0n) is 13.3. The molecule has 7 heteroatoms. The lowest BCUT2D eigenvalue weighted by atomic mass is 9.93. The molecule has 0 spiro atoms. The molecular formula is C17H17N3O4. The zero-order valence-corrected chi connectivity index (χ0v) is 13.3. The Labute approximate surface area is 138 Å². The lowest BCUT2D eigenvalue weighted by Crippen LogP contribution is -2.30. The Morgan fingerprint density at radius 1 is 1.54 bits per heavy atom. The van der Waals surface area contributed by atoms with E-state index >= 15 is 0 Å². The van der Waals surface area contributed by atoms with Crippen LogP contribution in [-0.2, 0) is 14.3 Å². The van der Waals surface area contributed by atoms with Gasteiger partial charge in [-0.25, -0.2) is 4.98 Å². The van der Waals surface area contributed by atoms with Crippen LogP contribution >= 0.6 is 0 Å². The summed E-state index contributed by atoms with van der Waals surface area (Å²) in [6, 6.07) is 9.06. The molecule has 1 aliphatic rings. The van der Waals surface area contributed by atoms with Gasteiger partial charge >= 0.3 is 0 Å². The molecule has 1 amide bonds. The van der Waals surface area contributed by atoms with Crippen molar-refractivity contribution < 1.29 is 18.7 Å². The van der Waals surface area contributed by atoms with Gasteiger partial charge in [-0.1, -0.05) is 12.1 Å². The van der Waals surface area contributed by atoms with Gasteiger partial charge in [0.05, 0.1) is 12.7 Å². The number of hydrogen-bond acceptors (Lipinski definition) is 6. The van der Waals surface area contributed by atoms with Crippen LogP contribution in [0, 0.1) is 17.2 Å². The molecule has 0 unspecified atom stereocenters. The van der Waals surface area contributed by atoms with Crippen LogP contribution in [0.15, 0.2) is 28.7 Å². The second kappa shape index (κ2) is 6.81. The number of fused-ring (bicyclic) bond motifs is 1. The minimum atomic E-state index is -1.10. The van der Waals surface area contributed by atoms with Crippen LogP contribution in [0.1, 0.15) is 18.2 Å². The minimum Gasteiger partial charge on any atom is -0.439 e. The predicted octanol–water partition coefficient (Wildman–Crippen LogP) is 1.50. The Bertz CT molecular complexity index is 775. The van der Waals surface area contributed by atoms with Crippen LogP contribution in [0.5, 0.6) is 0 Å². The lowest BCUT2D eigenvalue weighted by molar-refractivity contribution is -0.129. The lowest BCUT2D eigenvalue weighted by Gasteiger charge is -2.16. The average molecular weight is 327 g/mol. The molecule has 2 heterocycles. The molecule has 0 bridgehead atoms. The smallest absolute Gasteiger partial charge is 0.223 e. The van der Waals surface area contributed by atoms with Crippen molar-refractivity contribution in [2.24, 2.45) is 5.92 Å². The maximum absolute atomic E-state index is 12.7. The normalized spacial score (nSPS) is 18.8. The Morgan fingerprint density at radius 3 is 3.04 bits per heavy atom. The third-order valence-electron chi connectivity index (χ3n) is 4.15. The Balaban J connectivity index is 1.77. The molecule has 1 saturated heterocycles. The highest BCUT2D eigenvalue weighted by molar-refractivity contribution is 5.95. The first-order valence-electron chi connectivity index (χ1n) is 7.69. The first-order valence-corrected chi connectivity index (χ1v) is 7.69. The van der Waals surface area contributed by atoms with Crippen LogP contribution in [0.2, 0.25) is 0 Å². The number of ketones is 1. The summed E-state index contributed by atoms with van der Waals surface area (Å²) in [5, 5.41) is 9.42. The quantitative estimate of drug-likeness (QED) is 0.797. The number of aromatic nitrogens is 1. The molecule has 0 aliphatic carbocycles. The van der Waals surface area contributed by atoms with Gasteiger partial charge in [-0.3, -0.25) is 9.59 Å². The summed E-state index contributed by atoms with van der Waals surface area (Å²) in [5.41, 5.74) is 1.13. The molecule has 24 heavy (non-hydrogen) atoms. The van der Waals surface area contributed by atoms with Gasteiger partial charge in [0.25, 0.3) is 0 Å². The fourth-order valence-corrected chi connectivity index (χ4v) is 2.87. The number of oxazole rings is 1. The van der Waals surface area contributed by atoms with Crippen molar-refractivity contribution in [3.8, 4) is 6.07 Å². The third-order valence-corrected chi connectivity index (χ3v) is 4.15. The summed E-state index contributed by atoms with van der Waals surface area (Å²) in [6.45, 7) is 1.16. The number of ether oxygens (including phenoxy) is 1. The highest BCUT2D eigenvalue weighted by Gasteiger charge is 2.39. The van der Waals surface area contributed by atoms with Crippen molar-refractivity contribution in [1.29, 1.82) is 5.26 Å². The molecule has 0 N–H and O–H groups in total. The fourth-order valence-electron chi connectivity index (χ4n) is 2.87. The van der Waals surface area contributed by atoms with E-state index in [9.17, 15) is 14.9 Å². The molecule has 1 aromatic carbocycles. The molecule has 2 aromatic rings. The number of amides is 1. The minimum absolute atomic E-state index is 0.0893. The summed E-state index contributed by atoms with van der Waals surface area (Å²) < 4.78 is 10.5. The molecule has 7 nitrogen and oxygen atoms in total. The number of hydrogen-bond donors (Lipinski definition) is 0. The van der Waals surface area contributed by atoms with Crippen LogP contribution in [-0.4, -0.2) is 48.4 Å². The van der Waals surface area contributed by atoms with E-state index in [4.69, 9.17) is 9.15 Å². The van der Waals surface area contributed by atoms with E-state index in [-0.39, 0.29) is 24.0 Å². The first-order chi connectivity index (χ1) is 11.6. The van der Waals surface area contributed by atoms with Gasteiger partial charge in [-0.15, -0.1) is 0 Å². The van der Waals surface area contributed by atoms with Gasteiger partial charge < -0.3 is 14.1 Å². The third kappa shape index (κ3) is 3.01. The van der Waals surface area contributed by atoms with Crippen molar-refractivity contribution in [1.82, 2.24) is 9.88 Å². The summed E-state index contributed by atoms with van der Waals surface area (Å²) in [6.07, 6.45) is 0.112. The molecule has 124 valence electrons. The number of nitrogens with zero attached hydrogens (tertiary/aromatic N) is 3. The Morgan fingerprint density at radius 2 is 2.33 bits per heavy atom.